The Kier molecular flexibility index (Phi) is 5.06. The lowest BCUT2D eigenvalue weighted by molar-refractivity contribution is 0.597. The van der Waals surface area contributed by atoms with Crippen molar-refractivity contribution in [3.63, 3.8) is 0 Å². The van der Waals surface area contributed by atoms with Crippen LogP contribution in [0.5, 0.6) is 0 Å². The standard InChI is InChI=1S/C18H18N2O2S2/c1-15-6-5-7-16(14-15)20-11-10-19-18(20)23-12-13-24(21,22)17-8-3-2-4-9-17/h2-11,14H,12-13H2,1H3. The zero-order chi connectivity index (χ0) is 17.0. The van der Waals surface area contributed by atoms with E-state index < -0.39 is 9.84 Å². The van der Waals surface area contributed by atoms with Crippen LogP contribution in [0.2, 0.25) is 0 Å². The lowest BCUT2D eigenvalue weighted by atomic mass is 10.2. The summed E-state index contributed by atoms with van der Waals surface area (Å²) in [5, 5.41) is 0.795. The summed E-state index contributed by atoms with van der Waals surface area (Å²) in [4.78, 5) is 4.71. The summed E-state index contributed by atoms with van der Waals surface area (Å²) in [5.74, 6) is 0.544. The third kappa shape index (κ3) is 3.88. The topological polar surface area (TPSA) is 52.0 Å². The largest absolute Gasteiger partial charge is 0.295 e. The van der Waals surface area contributed by atoms with Crippen LogP contribution in [-0.2, 0) is 9.84 Å². The fourth-order valence-corrected chi connectivity index (χ4v) is 5.00. The van der Waals surface area contributed by atoms with E-state index in [9.17, 15) is 8.42 Å². The molecule has 4 nitrogen and oxygen atoms in total. The molecular formula is C18H18N2O2S2. The third-order valence-electron chi connectivity index (χ3n) is 3.57. The highest BCUT2D eigenvalue weighted by atomic mass is 32.2. The van der Waals surface area contributed by atoms with Crippen LogP contribution in [0, 0.1) is 6.92 Å². The first-order valence-electron chi connectivity index (χ1n) is 7.57. The van der Waals surface area contributed by atoms with Crippen molar-refractivity contribution >= 4 is 21.6 Å². The van der Waals surface area contributed by atoms with E-state index in [1.165, 1.54) is 17.3 Å². The Morgan fingerprint density at radius 3 is 2.62 bits per heavy atom. The Morgan fingerprint density at radius 2 is 1.88 bits per heavy atom. The highest BCUT2D eigenvalue weighted by Gasteiger charge is 2.15. The van der Waals surface area contributed by atoms with E-state index in [0.29, 0.717) is 10.6 Å². The van der Waals surface area contributed by atoms with Gasteiger partial charge in [-0.15, -0.1) is 0 Å². The van der Waals surface area contributed by atoms with Crippen molar-refractivity contribution < 1.29 is 8.42 Å². The van der Waals surface area contributed by atoms with E-state index in [0.717, 1.165) is 10.8 Å². The summed E-state index contributed by atoms with van der Waals surface area (Å²) in [6.45, 7) is 2.04. The third-order valence-corrected chi connectivity index (χ3v) is 6.53. The molecule has 1 heterocycles. The fraction of sp³-hybridized carbons (Fsp3) is 0.167. The van der Waals surface area contributed by atoms with Gasteiger partial charge in [0, 0.05) is 23.8 Å². The van der Waals surface area contributed by atoms with Crippen LogP contribution in [0.1, 0.15) is 5.56 Å². The van der Waals surface area contributed by atoms with Crippen molar-refractivity contribution in [1.82, 2.24) is 9.55 Å². The van der Waals surface area contributed by atoms with Crippen LogP contribution in [0.25, 0.3) is 5.69 Å². The van der Waals surface area contributed by atoms with Gasteiger partial charge in [0.05, 0.1) is 10.6 Å². The van der Waals surface area contributed by atoms with E-state index in [4.69, 9.17) is 0 Å². The lowest BCUT2D eigenvalue weighted by Gasteiger charge is -2.08. The van der Waals surface area contributed by atoms with Gasteiger partial charge in [0.2, 0.25) is 0 Å². The van der Waals surface area contributed by atoms with Gasteiger partial charge in [0.1, 0.15) is 0 Å². The molecule has 0 saturated carbocycles. The average Bonchev–Trinajstić information content (AvgIpc) is 3.04. The zero-order valence-corrected chi connectivity index (χ0v) is 14.9. The predicted molar refractivity (Wildman–Crippen MR) is 97.5 cm³/mol. The molecular weight excluding hydrogens is 340 g/mol. The summed E-state index contributed by atoms with van der Waals surface area (Å²) < 4.78 is 26.6. The molecule has 24 heavy (non-hydrogen) atoms. The molecule has 0 amide bonds. The molecule has 3 rings (SSSR count). The summed E-state index contributed by atoms with van der Waals surface area (Å²) >= 11 is 1.45. The van der Waals surface area contributed by atoms with Crippen molar-refractivity contribution in [2.75, 3.05) is 11.5 Å². The van der Waals surface area contributed by atoms with Crippen molar-refractivity contribution in [3.05, 3.63) is 72.6 Å². The Balaban J connectivity index is 1.70. The molecule has 0 bridgehead atoms. The Hall–Kier alpha value is -2.05. The first kappa shape index (κ1) is 16.8. The summed E-state index contributed by atoms with van der Waals surface area (Å²) in [7, 11) is -3.26. The van der Waals surface area contributed by atoms with E-state index in [2.05, 4.69) is 11.1 Å². The SMILES string of the molecule is Cc1cccc(-n2ccnc2SCCS(=O)(=O)c2ccccc2)c1. The van der Waals surface area contributed by atoms with Gasteiger partial charge in [-0.3, -0.25) is 4.57 Å². The zero-order valence-electron chi connectivity index (χ0n) is 13.3. The first-order chi connectivity index (χ1) is 11.6. The minimum atomic E-state index is -3.26. The van der Waals surface area contributed by atoms with E-state index in [1.807, 2.05) is 42.0 Å². The number of hydrogen-bond acceptors (Lipinski definition) is 4. The van der Waals surface area contributed by atoms with Crippen molar-refractivity contribution in [2.24, 2.45) is 0 Å². The molecule has 124 valence electrons. The van der Waals surface area contributed by atoms with Crippen LogP contribution in [0.15, 0.2) is 77.0 Å². The minimum Gasteiger partial charge on any atom is -0.295 e. The van der Waals surface area contributed by atoms with Crippen molar-refractivity contribution in [3.8, 4) is 5.69 Å². The van der Waals surface area contributed by atoms with Gasteiger partial charge in [0.25, 0.3) is 0 Å². The maximum atomic E-state index is 12.3. The smallest absolute Gasteiger partial charge is 0.179 e. The molecule has 0 saturated heterocycles. The van der Waals surface area contributed by atoms with E-state index in [1.54, 1.807) is 30.5 Å². The number of imidazole rings is 1. The fourth-order valence-electron chi connectivity index (χ4n) is 2.36. The van der Waals surface area contributed by atoms with Gasteiger partial charge in [-0.1, -0.05) is 42.1 Å². The maximum absolute atomic E-state index is 12.3. The molecule has 0 aliphatic carbocycles. The quantitative estimate of drug-likeness (QED) is 0.630. The molecule has 0 radical (unpaired) electrons. The summed E-state index contributed by atoms with van der Waals surface area (Å²) in [5.41, 5.74) is 2.20. The summed E-state index contributed by atoms with van der Waals surface area (Å²) in [6, 6.07) is 16.7. The normalized spacial score (nSPS) is 11.5. The number of aryl methyl sites for hydroxylation is 1. The number of sulfone groups is 1. The second kappa shape index (κ2) is 7.23. The lowest BCUT2D eigenvalue weighted by Crippen LogP contribution is -2.09. The average molecular weight is 358 g/mol. The molecule has 6 heteroatoms. The van der Waals surface area contributed by atoms with Crippen LogP contribution in [0.3, 0.4) is 0 Å². The van der Waals surface area contributed by atoms with Gasteiger partial charge < -0.3 is 0 Å². The molecule has 0 aliphatic heterocycles. The Morgan fingerprint density at radius 1 is 1.08 bits per heavy atom. The molecule has 1 aromatic heterocycles. The van der Waals surface area contributed by atoms with E-state index in [-0.39, 0.29) is 5.75 Å². The van der Waals surface area contributed by atoms with Gasteiger partial charge in [-0.25, -0.2) is 13.4 Å². The molecule has 0 aliphatic rings. The van der Waals surface area contributed by atoms with Crippen LogP contribution in [-0.4, -0.2) is 29.5 Å². The van der Waals surface area contributed by atoms with Gasteiger partial charge >= 0.3 is 0 Å². The molecule has 3 aromatic rings. The molecule has 2 aromatic carbocycles. The number of rotatable bonds is 6. The minimum absolute atomic E-state index is 0.0857. The van der Waals surface area contributed by atoms with E-state index >= 15 is 0 Å². The monoisotopic (exact) mass is 358 g/mol. The Labute approximate surface area is 146 Å². The maximum Gasteiger partial charge on any atom is 0.179 e. The molecule has 0 atom stereocenters. The number of thioether (sulfide) groups is 1. The molecule has 0 N–H and O–H groups in total. The molecule has 0 unspecified atom stereocenters. The molecule has 0 fully saturated rings. The summed E-state index contributed by atoms with van der Waals surface area (Å²) in [6.07, 6.45) is 3.62. The van der Waals surface area contributed by atoms with Crippen molar-refractivity contribution in [2.45, 2.75) is 17.0 Å². The number of nitrogens with zero attached hydrogens (tertiary/aromatic N) is 2. The number of benzene rings is 2. The highest BCUT2D eigenvalue weighted by Crippen LogP contribution is 2.22. The number of hydrogen-bond donors (Lipinski definition) is 0. The van der Waals surface area contributed by atoms with Gasteiger partial charge in [-0.05, 0) is 36.8 Å². The van der Waals surface area contributed by atoms with Crippen molar-refractivity contribution in [1.29, 1.82) is 0 Å². The van der Waals surface area contributed by atoms with Crippen LogP contribution < -0.4 is 0 Å². The second-order valence-electron chi connectivity index (χ2n) is 5.40. The first-order valence-corrected chi connectivity index (χ1v) is 10.2. The number of aromatic nitrogens is 2. The second-order valence-corrected chi connectivity index (χ2v) is 8.57. The highest BCUT2D eigenvalue weighted by molar-refractivity contribution is 8.00. The Bertz CT molecular complexity index is 919. The van der Waals surface area contributed by atoms with Crippen LogP contribution in [0.4, 0.5) is 0 Å². The van der Waals surface area contributed by atoms with Gasteiger partial charge in [-0.2, -0.15) is 0 Å². The van der Waals surface area contributed by atoms with Gasteiger partial charge in [0.15, 0.2) is 15.0 Å². The predicted octanol–water partition coefficient (Wildman–Crippen LogP) is 3.75. The molecule has 0 spiro atoms. The van der Waals surface area contributed by atoms with Crippen LogP contribution >= 0.6 is 11.8 Å².